The molecule has 1 aromatic heterocycles. The number of carbonyl (C=O) groups is 1. The summed E-state index contributed by atoms with van der Waals surface area (Å²) >= 11 is 0. The average molecular weight is 243 g/mol. The van der Waals surface area contributed by atoms with Gasteiger partial charge in [0.15, 0.2) is 0 Å². The SMILES string of the molecule is COC(=O)c1ccc(COc2ccccc2)nc1. The van der Waals surface area contributed by atoms with Gasteiger partial charge in [-0.05, 0) is 24.3 Å². The van der Waals surface area contributed by atoms with E-state index in [-0.39, 0.29) is 0 Å². The van der Waals surface area contributed by atoms with Crippen LogP contribution in [0.5, 0.6) is 5.75 Å². The number of para-hydroxylation sites is 1. The lowest BCUT2D eigenvalue weighted by atomic mass is 10.2. The first-order valence-corrected chi connectivity index (χ1v) is 5.50. The van der Waals surface area contributed by atoms with Gasteiger partial charge in [0, 0.05) is 6.20 Å². The Bertz CT molecular complexity index is 508. The molecule has 0 unspecified atom stereocenters. The highest BCUT2D eigenvalue weighted by atomic mass is 16.5. The fourth-order valence-electron chi connectivity index (χ4n) is 1.42. The summed E-state index contributed by atoms with van der Waals surface area (Å²) in [6.45, 7) is 0.367. The zero-order valence-corrected chi connectivity index (χ0v) is 10.00. The molecule has 0 spiro atoms. The van der Waals surface area contributed by atoms with Crippen LogP contribution in [0.3, 0.4) is 0 Å². The number of hydrogen-bond acceptors (Lipinski definition) is 4. The molecule has 0 aliphatic carbocycles. The van der Waals surface area contributed by atoms with Crippen LogP contribution in [0.1, 0.15) is 16.1 Å². The van der Waals surface area contributed by atoms with Crippen molar-refractivity contribution >= 4 is 5.97 Å². The quantitative estimate of drug-likeness (QED) is 0.774. The van der Waals surface area contributed by atoms with Crippen molar-refractivity contribution in [2.75, 3.05) is 7.11 Å². The Labute approximate surface area is 105 Å². The maximum Gasteiger partial charge on any atom is 0.339 e. The van der Waals surface area contributed by atoms with Gasteiger partial charge in [-0.15, -0.1) is 0 Å². The third-order valence-electron chi connectivity index (χ3n) is 2.38. The second-order valence-corrected chi connectivity index (χ2v) is 3.63. The number of esters is 1. The number of pyridine rings is 1. The smallest absolute Gasteiger partial charge is 0.339 e. The molecule has 0 amide bonds. The summed E-state index contributed by atoms with van der Waals surface area (Å²) in [5.74, 6) is 0.398. The fraction of sp³-hybridized carbons (Fsp3) is 0.143. The number of benzene rings is 1. The number of nitrogens with zero attached hydrogens (tertiary/aromatic N) is 1. The van der Waals surface area contributed by atoms with E-state index in [9.17, 15) is 4.79 Å². The number of aromatic nitrogens is 1. The van der Waals surface area contributed by atoms with E-state index in [2.05, 4.69) is 9.72 Å². The lowest BCUT2D eigenvalue weighted by Crippen LogP contribution is -2.04. The molecule has 0 fully saturated rings. The van der Waals surface area contributed by atoms with Crippen LogP contribution in [0.2, 0.25) is 0 Å². The summed E-state index contributed by atoms with van der Waals surface area (Å²) in [6.07, 6.45) is 1.48. The molecule has 1 aromatic carbocycles. The van der Waals surface area contributed by atoms with Gasteiger partial charge >= 0.3 is 5.97 Å². The van der Waals surface area contributed by atoms with Gasteiger partial charge in [0.25, 0.3) is 0 Å². The minimum atomic E-state index is -0.391. The standard InChI is InChI=1S/C14H13NO3/c1-17-14(16)11-7-8-12(15-9-11)10-18-13-5-3-2-4-6-13/h2-9H,10H2,1H3. The number of methoxy groups -OCH3 is 1. The summed E-state index contributed by atoms with van der Waals surface area (Å²) in [6, 6.07) is 12.9. The van der Waals surface area contributed by atoms with E-state index in [4.69, 9.17) is 4.74 Å². The maximum atomic E-state index is 11.2. The first-order chi connectivity index (χ1) is 8.79. The van der Waals surface area contributed by atoms with Crippen molar-refractivity contribution < 1.29 is 14.3 Å². The van der Waals surface area contributed by atoms with Crippen LogP contribution >= 0.6 is 0 Å². The molecule has 0 atom stereocenters. The summed E-state index contributed by atoms with van der Waals surface area (Å²) in [4.78, 5) is 15.3. The molecule has 2 rings (SSSR count). The van der Waals surface area contributed by atoms with Gasteiger partial charge in [-0.25, -0.2) is 4.79 Å². The van der Waals surface area contributed by atoms with E-state index in [0.717, 1.165) is 11.4 Å². The molecule has 0 aliphatic heterocycles. The molecule has 4 heteroatoms. The van der Waals surface area contributed by atoms with Gasteiger partial charge in [-0.3, -0.25) is 4.98 Å². The van der Waals surface area contributed by atoms with Gasteiger partial charge in [-0.2, -0.15) is 0 Å². The van der Waals surface area contributed by atoms with E-state index < -0.39 is 5.97 Å². The zero-order valence-electron chi connectivity index (χ0n) is 10.00. The molecule has 0 aliphatic rings. The van der Waals surface area contributed by atoms with Crippen molar-refractivity contribution in [2.24, 2.45) is 0 Å². The number of hydrogen-bond donors (Lipinski definition) is 0. The Morgan fingerprint density at radius 1 is 1.17 bits per heavy atom. The van der Waals surface area contributed by atoms with E-state index in [1.54, 1.807) is 12.1 Å². The molecular formula is C14H13NO3. The number of carbonyl (C=O) groups excluding carboxylic acids is 1. The van der Waals surface area contributed by atoms with Crippen molar-refractivity contribution in [2.45, 2.75) is 6.61 Å². The Hall–Kier alpha value is -2.36. The molecule has 0 N–H and O–H groups in total. The monoisotopic (exact) mass is 243 g/mol. The van der Waals surface area contributed by atoms with E-state index >= 15 is 0 Å². The van der Waals surface area contributed by atoms with E-state index in [0.29, 0.717) is 12.2 Å². The van der Waals surface area contributed by atoms with Crippen molar-refractivity contribution in [1.29, 1.82) is 0 Å². The molecule has 92 valence electrons. The van der Waals surface area contributed by atoms with Crippen LogP contribution in [-0.4, -0.2) is 18.1 Å². The number of ether oxygens (including phenoxy) is 2. The topological polar surface area (TPSA) is 48.4 Å². The second-order valence-electron chi connectivity index (χ2n) is 3.63. The van der Waals surface area contributed by atoms with Crippen LogP contribution in [0.4, 0.5) is 0 Å². The lowest BCUT2D eigenvalue weighted by molar-refractivity contribution is 0.0600. The molecule has 0 saturated carbocycles. The normalized spacial score (nSPS) is 9.83. The Morgan fingerprint density at radius 2 is 1.94 bits per heavy atom. The summed E-state index contributed by atoms with van der Waals surface area (Å²) < 4.78 is 10.1. The van der Waals surface area contributed by atoms with Crippen LogP contribution in [-0.2, 0) is 11.3 Å². The second kappa shape index (κ2) is 5.82. The predicted molar refractivity (Wildman–Crippen MR) is 66.4 cm³/mol. The Morgan fingerprint density at radius 3 is 2.56 bits per heavy atom. The van der Waals surface area contributed by atoms with Gasteiger partial charge in [0.1, 0.15) is 12.4 Å². The Balaban J connectivity index is 1.97. The highest BCUT2D eigenvalue weighted by molar-refractivity contribution is 5.88. The molecule has 0 radical (unpaired) electrons. The molecule has 0 saturated heterocycles. The minimum absolute atomic E-state index is 0.367. The largest absolute Gasteiger partial charge is 0.487 e. The van der Waals surface area contributed by atoms with Crippen LogP contribution in [0.25, 0.3) is 0 Å². The lowest BCUT2D eigenvalue weighted by Gasteiger charge is -2.05. The van der Waals surface area contributed by atoms with Gasteiger partial charge in [0.05, 0.1) is 18.4 Å². The van der Waals surface area contributed by atoms with Crippen molar-refractivity contribution in [1.82, 2.24) is 4.98 Å². The summed E-state index contributed by atoms with van der Waals surface area (Å²) in [7, 11) is 1.34. The van der Waals surface area contributed by atoms with Crippen LogP contribution in [0.15, 0.2) is 48.7 Å². The molecule has 2 aromatic rings. The third kappa shape index (κ3) is 3.07. The fourth-order valence-corrected chi connectivity index (χ4v) is 1.42. The third-order valence-corrected chi connectivity index (χ3v) is 2.38. The van der Waals surface area contributed by atoms with Gasteiger partial charge in [0.2, 0.25) is 0 Å². The summed E-state index contributed by atoms with van der Waals surface area (Å²) in [5, 5.41) is 0. The molecule has 4 nitrogen and oxygen atoms in total. The van der Waals surface area contributed by atoms with Crippen molar-refractivity contribution in [3.63, 3.8) is 0 Å². The predicted octanol–water partition coefficient (Wildman–Crippen LogP) is 2.45. The highest BCUT2D eigenvalue weighted by Crippen LogP contribution is 2.11. The molecule has 1 heterocycles. The molecule has 18 heavy (non-hydrogen) atoms. The van der Waals surface area contributed by atoms with Crippen molar-refractivity contribution in [3.8, 4) is 5.75 Å². The van der Waals surface area contributed by atoms with Gasteiger partial charge < -0.3 is 9.47 Å². The Kier molecular flexibility index (Phi) is 3.91. The van der Waals surface area contributed by atoms with Crippen molar-refractivity contribution in [3.05, 3.63) is 59.9 Å². The van der Waals surface area contributed by atoms with E-state index in [1.165, 1.54) is 13.3 Å². The first-order valence-electron chi connectivity index (χ1n) is 5.50. The molecular weight excluding hydrogens is 230 g/mol. The van der Waals surface area contributed by atoms with E-state index in [1.807, 2.05) is 30.3 Å². The maximum absolute atomic E-state index is 11.2. The highest BCUT2D eigenvalue weighted by Gasteiger charge is 2.05. The first kappa shape index (κ1) is 12.1. The number of rotatable bonds is 4. The summed E-state index contributed by atoms with van der Waals surface area (Å²) in [5.41, 5.74) is 1.19. The van der Waals surface area contributed by atoms with Crippen LogP contribution in [0, 0.1) is 0 Å². The van der Waals surface area contributed by atoms with Crippen LogP contribution < -0.4 is 4.74 Å². The molecule has 0 bridgehead atoms. The zero-order chi connectivity index (χ0) is 12.8. The average Bonchev–Trinajstić information content (AvgIpc) is 2.46. The minimum Gasteiger partial charge on any atom is -0.487 e. The van der Waals surface area contributed by atoms with Gasteiger partial charge in [-0.1, -0.05) is 18.2 Å².